The van der Waals surface area contributed by atoms with Crippen molar-refractivity contribution in [2.45, 2.75) is 45.3 Å². The van der Waals surface area contributed by atoms with Crippen LogP contribution in [0.4, 0.5) is 4.79 Å². The summed E-state index contributed by atoms with van der Waals surface area (Å²) in [6.45, 7) is 2.99. The van der Waals surface area contributed by atoms with E-state index in [0.717, 1.165) is 31.4 Å². The van der Waals surface area contributed by atoms with Crippen molar-refractivity contribution >= 4 is 17.4 Å². The van der Waals surface area contributed by atoms with Crippen LogP contribution in [-0.2, 0) is 6.54 Å². The van der Waals surface area contributed by atoms with Crippen molar-refractivity contribution in [2.75, 3.05) is 6.54 Å². The zero-order valence-electron chi connectivity index (χ0n) is 11.2. The zero-order chi connectivity index (χ0) is 13.7. The molecular weight excluding hydrogens is 262 g/mol. The van der Waals surface area contributed by atoms with E-state index in [-0.39, 0.29) is 17.6 Å². The molecule has 1 heterocycles. The Hall–Kier alpha value is -1.14. The standard InChI is InChI=1S/C13H21N3O2S/c1-13(5-3-2-4-11(13)17)8-15-12(18)14-6-10-7-19-9-16-10/h7,9,11,17H,2-6,8H2,1H3,(H2,14,15,18). The summed E-state index contributed by atoms with van der Waals surface area (Å²) in [6.07, 6.45) is 3.67. The molecule has 19 heavy (non-hydrogen) atoms. The smallest absolute Gasteiger partial charge is 0.315 e. The fourth-order valence-electron chi connectivity index (χ4n) is 2.43. The normalized spacial score (nSPS) is 26.9. The Morgan fingerprint density at radius 1 is 1.58 bits per heavy atom. The van der Waals surface area contributed by atoms with Gasteiger partial charge in [0.05, 0.1) is 23.9 Å². The largest absolute Gasteiger partial charge is 0.392 e. The number of aliphatic hydroxyl groups is 1. The van der Waals surface area contributed by atoms with Crippen LogP contribution in [-0.4, -0.2) is 28.8 Å². The van der Waals surface area contributed by atoms with Crippen LogP contribution in [0, 0.1) is 5.41 Å². The monoisotopic (exact) mass is 283 g/mol. The average Bonchev–Trinajstić information content (AvgIpc) is 2.91. The molecule has 106 valence electrons. The van der Waals surface area contributed by atoms with Crippen LogP contribution in [0.25, 0.3) is 0 Å². The van der Waals surface area contributed by atoms with Crippen molar-refractivity contribution in [3.63, 3.8) is 0 Å². The van der Waals surface area contributed by atoms with Crippen molar-refractivity contribution in [1.82, 2.24) is 15.6 Å². The molecule has 1 aliphatic rings. The fourth-order valence-corrected chi connectivity index (χ4v) is 2.99. The van der Waals surface area contributed by atoms with Crippen LogP contribution in [0.1, 0.15) is 38.3 Å². The van der Waals surface area contributed by atoms with Gasteiger partial charge in [-0.25, -0.2) is 9.78 Å². The Morgan fingerprint density at radius 3 is 3.11 bits per heavy atom. The number of rotatable bonds is 4. The number of hydrogen-bond donors (Lipinski definition) is 3. The van der Waals surface area contributed by atoms with E-state index in [1.807, 2.05) is 12.3 Å². The number of carbonyl (C=O) groups excluding carboxylic acids is 1. The molecule has 2 atom stereocenters. The minimum Gasteiger partial charge on any atom is -0.392 e. The molecule has 1 saturated carbocycles. The van der Waals surface area contributed by atoms with Gasteiger partial charge in [0.15, 0.2) is 0 Å². The number of nitrogens with zero attached hydrogens (tertiary/aromatic N) is 1. The number of hydrogen-bond acceptors (Lipinski definition) is 4. The SMILES string of the molecule is CC1(CNC(=O)NCc2cscn2)CCCCC1O. The third-order valence-electron chi connectivity index (χ3n) is 3.85. The lowest BCUT2D eigenvalue weighted by molar-refractivity contribution is 0.00308. The van der Waals surface area contributed by atoms with Gasteiger partial charge in [-0.1, -0.05) is 19.8 Å². The maximum absolute atomic E-state index is 11.7. The van der Waals surface area contributed by atoms with Crippen LogP contribution in [0.5, 0.6) is 0 Å². The first-order chi connectivity index (χ1) is 9.10. The van der Waals surface area contributed by atoms with E-state index in [0.29, 0.717) is 13.1 Å². The van der Waals surface area contributed by atoms with Crippen LogP contribution in [0.3, 0.4) is 0 Å². The molecule has 0 aromatic carbocycles. The number of thiazole rings is 1. The Morgan fingerprint density at radius 2 is 2.42 bits per heavy atom. The molecule has 2 amide bonds. The molecule has 0 bridgehead atoms. The van der Waals surface area contributed by atoms with Crippen molar-refractivity contribution in [2.24, 2.45) is 5.41 Å². The van der Waals surface area contributed by atoms with Gasteiger partial charge in [0.2, 0.25) is 0 Å². The second-order valence-electron chi connectivity index (χ2n) is 5.43. The minimum absolute atomic E-state index is 0.198. The van der Waals surface area contributed by atoms with Crippen LogP contribution >= 0.6 is 11.3 Å². The molecule has 0 spiro atoms. The molecule has 1 aliphatic carbocycles. The molecular formula is C13H21N3O2S. The van der Waals surface area contributed by atoms with Gasteiger partial charge in [-0.05, 0) is 12.8 Å². The fraction of sp³-hybridized carbons (Fsp3) is 0.692. The number of aromatic nitrogens is 1. The lowest BCUT2D eigenvalue weighted by Gasteiger charge is -2.38. The Labute approximate surface area is 117 Å². The highest BCUT2D eigenvalue weighted by Gasteiger charge is 2.35. The van der Waals surface area contributed by atoms with Crippen molar-refractivity contribution < 1.29 is 9.90 Å². The van der Waals surface area contributed by atoms with Crippen LogP contribution in [0.15, 0.2) is 10.9 Å². The average molecular weight is 283 g/mol. The summed E-state index contributed by atoms with van der Waals surface area (Å²) in [5, 5.41) is 17.6. The number of urea groups is 1. The number of carbonyl (C=O) groups is 1. The summed E-state index contributed by atoms with van der Waals surface area (Å²) in [5.41, 5.74) is 2.41. The molecule has 0 saturated heterocycles. The van der Waals surface area contributed by atoms with Gasteiger partial charge in [0, 0.05) is 17.3 Å². The molecule has 1 aromatic heterocycles. The van der Waals surface area contributed by atoms with E-state index in [2.05, 4.69) is 15.6 Å². The third-order valence-corrected chi connectivity index (χ3v) is 4.48. The lowest BCUT2D eigenvalue weighted by atomic mass is 9.73. The Balaban J connectivity index is 1.73. The van der Waals surface area contributed by atoms with Gasteiger partial charge in [0.1, 0.15) is 0 Å². The van der Waals surface area contributed by atoms with E-state index in [9.17, 15) is 9.90 Å². The molecule has 2 unspecified atom stereocenters. The molecule has 5 nitrogen and oxygen atoms in total. The summed E-state index contributed by atoms with van der Waals surface area (Å²) in [6, 6.07) is -0.202. The summed E-state index contributed by atoms with van der Waals surface area (Å²) in [4.78, 5) is 15.8. The quantitative estimate of drug-likeness (QED) is 0.790. The van der Waals surface area contributed by atoms with Gasteiger partial charge in [-0.2, -0.15) is 0 Å². The number of aliphatic hydroxyl groups excluding tert-OH is 1. The first-order valence-corrected chi connectivity index (χ1v) is 7.61. The second-order valence-corrected chi connectivity index (χ2v) is 6.15. The predicted octanol–water partition coefficient (Wildman–Crippen LogP) is 1.88. The zero-order valence-corrected chi connectivity index (χ0v) is 12.0. The summed E-state index contributed by atoms with van der Waals surface area (Å²) >= 11 is 1.51. The predicted molar refractivity (Wildman–Crippen MR) is 74.9 cm³/mol. The number of nitrogens with one attached hydrogen (secondary N) is 2. The molecule has 0 aliphatic heterocycles. The highest BCUT2D eigenvalue weighted by molar-refractivity contribution is 7.07. The lowest BCUT2D eigenvalue weighted by Crippen LogP contribution is -2.47. The first-order valence-electron chi connectivity index (χ1n) is 6.67. The van der Waals surface area contributed by atoms with Gasteiger partial charge < -0.3 is 15.7 Å². The second kappa shape index (κ2) is 6.34. The van der Waals surface area contributed by atoms with Gasteiger partial charge in [-0.3, -0.25) is 0 Å². The highest BCUT2D eigenvalue weighted by atomic mass is 32.1. The van der Waals surface area contributed by atoms with E-state index >= 15 is 0 Å². The van der Waals surface area contributed by atoms with Gasteiger partial charge in [-0.15, -0.1) is 11.3 Å². The van der Waals surface area contributed by atoms with Crippen molar-refractivity contribution in [3.8, 4) is 0 Å². The maximum Gasteiger partial charge on any atom is 0.315 e. The highest BCUT2D eigenvalue weighted by Crippen LogP contribution is 2.35. The maximum atomic E-state index is 11.7. The third kappa shape index (κ3) is 3.91. The van der Waals surface area contributed by atoms with E-state index in [1.54, 1.807) is 5.51 Å². The minimum atomic E-state index is -0.319. The molecule has 6 heteroatoms. The van der Waals surface area contributed by atoms with E-state index < -0.39 is 0 Å². The number of amides is 2. The van der Waals surface area contributed by atoms with Crippen LogP contribution < -0.4 is 10.6 Å². The van der Waals surface area contributed by atoms with Crippen molar-refractivity contribution in [3.05, 3.63) is 16.6 Å². The van der Waals surface area contributed by atoms with Crippen molar-refractivity contribution in [1.29, 1.82) is 0 Å². The summed E-state index contributed by atoms with van der Waals surface area (Å²) in [5.74, 6) is 0. The van der Waals surface area contributed by atoms with Gasteiger partial charge >= 0.3 is 6.03 Å². The first kappa shape index (κ1) is 14.3. The van der Waals surface area contributed by atoms with E-state index in [4.69, 9.17) is 0 Å². The molecule has 1 aromatic rings. The van der Waals surface area contributed by atoms with E-state index in [1.165, 1.54) is 11.3 Å². The summed E-state index contributed by atoms with van der Waals surface area (Å²) in [7, 11) is 0. The van der Waals surface area contributed by atoms with Gasteiger partial charge in [0.25, 0.3) is 0 Å². The molecule has 3 N–H and O–H groups in total. The van der Waals surface area contributed by atoms with Crippen LogP contribution in [0.2, 0.25) is 0 Å². The Kier molecular flexibility index (Phi) is 4.76. The summed E-state index contributed by atoms with van der Waals surface area (Å²) < 4.78 is 0. The molecule has 2 rings (SSSR count). The topological polar surface area (TPSA) is 74.2 Å². The Bertz CT molecular complexity index is 410. The molecule has 0 radical (unpaired) electrons. The molecule has 1 fully saturated rings.